The molecule has 2 heterocycles. The van der Waals surface area contributed by atoms with Gasteiger partial charge < -0.3 is 14.8 Å². The van der Waals surface area contributed by atoms with Gasteiger partial charge in [-0.3, -0.25) is 9.69 Å². The first-order valence-electron chi connectivity index (χ1n) is 11.4. The zero-order valence-corrected chi connectivity index (χ0v) is 19.2. The lowest BCUT2D eigenvalue weighted by Gasteiger charge is -2.36. The maximum Gasteiger partial charge on any atom is 0.255 e. The van der Waals surface area contributed by atoms with Crippen molar-refractivity contribution in [3.05, 3.63) is 89.7 Å². The van der Waals surface area contributed by atoms with Gasteiger partial charge in [0.05, 0.1) is 17.6 Å². The van der Waals surface area contributed by atoms with Crippen LogP contribution in [0.1, 0.15) is 21.7 Å². The second-order valence-corrected chi connectivity index (χ2v) is 8.65. The summed E-state index contributed by atoms with van der Waals surface area (Å²) in [6, 6.07) is 24.1. The Labute approximate surface area is 194 Å². The average molecular weight is 440 g/mol. The van der Waals surface area contributed by atoms with Gasteiger partial charge in [-0.1, -0.05) is 30.3 Å². The average Bonchev–Trinajstić information content (AvgIpc) is 3.15. The summed E-state index contributed by atoms with van der Waals surface area (Å²) in [6.45, 7) is 6.75. The first kappa shape index (κ1) is 21.2. The third kappa shape index (κ3) is 4.47. The Kier molecular flexibility index (Phi) is 5.84. The van der Waals surface area contributed by atoms with Gasteiger partial charge in [-0.05, 0) is 55.0 Å². The zero-order valence-electron chi connectivity index (χ0n) is 19.2. The van der Waals surface area contributed by atoms with Gasteiger partial charge in [0, 0.05) is 50.2 Å². The Morgan fingerprint density at radius 3 is 2.33 bits per heavy atom. The topological polar surface area (TPSA) is 53.4 Å². The summed E-state index contributed by atoms with van der Waals surface area (Å²) in [5.41, 5.74) is 5.92. The Hall–Kier alpha value is -3.64. The number of nitrogens with zero attached hydrogens (tertiary/aromatic N) is 4. The maximum absolute atomic E-state index is 12.6. The van der Waals surface area contributed by atoms with Crippen molar-refractivity contribution < 1.29 is 4.79 Å². The summed E-state index contributed by atoms with van der Waals surface area (Å²) in [4.78, 5) is 22.2. The number of fused-ring (bicyclic) bond motifs is 1. The van der Waals surface area contributed by atoms with Crippen molar-refractivity contribution in [1.82, 2.24) is 14.5 Å². The minimum Gasteiger partial charge on any atom is -0.369 e. The molecule has 6 heteroatoms. The molecule has 4 aromatic rings. The highest BCUT2D eigenvalue weighted by Crippen LogP contribution is 2.22. The molecule has 1 amide bonds. The largest absolute Gasteiger partial charge is 0.369 e. The standard InChI is InChI=1S/C27H29N5O/c1-20-7-3-4-8-23(20)27(33)28-21-11-13-22(14-12-21)32-17-15-31(16-18-32)19-26-29-24-9-5-6-10-25(24)30(26)2/h3-14H,15-19H2,1-2H3,(H,28,33). The number of carbonyl (C=O) groups is 1. The van der Waals surface area contributed by atoms with E-state index in [1.807, 2.05) is 49.4 Å². The van der Waals surface area contributed by atoms with E-state index in [2.05, 4.69) is 57.1 Å². The van der Waals surface area contributed by atoms with Crippen LogP contribution >= 0.6 is 0 Å². The van der Waals surface area contributed by atoms with Crippen molar-refractivity contribution in [2.75, 3.05) is 36.4 Å². The Balaban J connectivity index is 1.17. The molecule has 1 fully saturated rings. The molecule has 1 N–H and O–H groups in total. The van der Waals surface area contributed by atoms with Gasteiger partial charge in [-0.15, -0.1) is 0 Å². The van der Waals surface area contributed by atoms with Crippen LogP contribution in [0.4, 0.5) is 11.4 Å². The molecular weight excluding hydrogens is 410 g/mol. The van der Waals surface area contributed by atoms with Gasteiger partial charge >= 0.3 is 0 Å². The molecule has 0 atom stereocenters. The van der Waals surface area contributed by atoms with Gasteiger partial charge in [0.25, 0.3) is 5.91 Å². The van der Waals surface area contributed by atoms with Crippen LogP contribution < -0.4 is 10.2 Å². The number of hydrogen-bond acceptors (Lipinski definition) is 4. The van der Waals surface area contributed by atoms with Crippen LogP contribution in [0.3, 0.4) is 0 Å². The Morgan fingerprint density at radius 1 is 0.909 bits per heavy atom. The molecule has 0 saturated carbocycles. The summed E-state index contributed by atoms with van der Waals surface area (Å²) >= 11 is 0. The van der Waals surface area contributed by atoms with Crippen molar-refractivity contribution in [2.24, 2.45) is 7.05 Å². The highest BCUT2D eigenvalue weighted by Gasteiger charge is 2.19. The molecule has 33 heavy (non-hydrogen) atoms. The SMILES string of the molecule is Cc1ccccc1C(=O)Nc1ccc(N2CCN(Cc3nc4ccccc4n3C)CC2)cc1. The smallest absolute Gasteiger partial charge is 0.255 e. The number of aryl methyl sites for hydroxylation is 2. The summed E-state index contributed by atoms with van der Waals surface area (Å²) in [5.74, 6) is 1.04. The molecular formula is C27H29N5O. The number of imidazole rings is 1. The molecule has 1 aliphatic heterocycles. The van der Waals surface area contributed by atoms with E-state index in [1.165, 1.54) is 11.2 Å². The predicted molar refractivity (Wildman–Crippen MR) is 134 cm³/mol. The van der Waals surface area contributed by atoms with Crippen molar-refractivity contribution in [2.45, 2.75) is 13.5 Å². The zero-order chi connectivity index (χ0) is 22.8. The summed E-state index contributed by atoms with van der Waals surface area (Å²) in [6.07, 6.45) is 0. The predicted octanol–water partition coefficient (Wildman–Crippen LogP) is 4.46. The molecule has 0 spiro atoms. The lowest BCUT2D eigenvalue weighted by Crippen LogP contribution is -2.46. The molecule has 0 unspecified atom stereocenters. The molecule has 0 aliphatic carbocycles. The van der Waals surface area contributed by atoms with Crippen LogP contribution in [0.2, 0.25) is 0 Å². The van der Waals surface area contributed by atoms with E-state index in [4.69, 9.17) is 4.98 Å². The molecule has 5 rings (SSSR count). The van der Waals surface area contributed by atoms with Crippen LogP contribution in [-0.4, -0.2) is 46.5 Å². The van der Waals surface area contributed by atoms with Crippen molar-refractivity contribution in [3.63, 3.8) is 0 Å². The third-order valence-corrected chi connectivity index (χ3v) is 6.50. The number of amides is 1. The van der Waals surface area contributed by atoms with Gasteiger partial charge in [-0.25, -0.2) is 4.98 Å². The Bertz CT molecular complexity index is 1270. The van der Waals surface area contributed by atoms with Crippen LogP contribution in [0.5, 0.6) is 0 Å². The van der Waals surface area contributed by atoms with E-state index in [-0.39, 0.29) is 5.91 Å². The van der Waals surface area contributed by atoms with Crippen LogP contribution in [0.25, 0.3) is 11.0 Å². The molecule has 1 saturated heterocycles. The highest BCUT2D eigenvalue weighted by molar-refractivity contribution is 6.05. The van der Waals surface area contributed by atoms with E-state index < -0.39 is 0 Å². The summed E-state index contributed by atoms with van der Waals surface area (Å²) < 4.78 is 2.20. The van der Waals surface area contributed by atoms with Crippen molar-refractivity contribution in [3.8, 4) is 0 Å². The Morgan fingerprint density at radius 2 is 1.61 bits per heavy atom. The third-order valence-electron chi connectivity index (χ3n) is 6.50. The number of carbonyl (C=O) groups excluding carboxylic acids is 1. The van der Waals surface area contributed by atoms with Crippen molar-refractivity contribution in [1.29, 1.82) is 0 Å². The minimum absolute atomic E-state index is 0.0728. The maximum atomic E-state index is 12.6. The number of anilines is 2. The van der Waals surface area contributed by atoms with E-state index >= 15 is 0 Å². The molecule has 0 radical (unpaired) electrons. The van der Waals surface area contributed by atoms with Crippen molar-refractivity contribution >= 4 is 28.3 Å². The van der Waals surface area contributed by atoms with E-state index in [1.54, 1.807) is 0 Å². The van der Waals surface area contributed by atoms with E-state index in [0.717, 1.165) is 55.3 Å². The highest BCUT2D eigenvalue weighted by atomic mass is 16.1. The molecule has 3 aromatic carbocycles. The molecule has 0 bridgehead atoms. The number of benzene rings is 3. The number of nitrogens with one attached hydrogen (secondary N) is 1. The first-order chi connectivity index (χ1) is 16.1. The monoisotopic (exact) mass is 439 g/mol. The second-order valence-electron chi connectivity index (χ2n) is 8.65. The number of piperazine rings is 1. The van der Waals surface area contributed by atoms with E-state index in [9.17, 15) is 4.79 Å². The number of aromatic nitrogens is 2. The number of hydrogen-bond donors (Lipinski definition) is 1. The van der Waals surface area contributed by atoms with Gasteiger partial charge in [-0.2, -0.15) is 0 Å². The summed E-state index contributed by atoms with van der Waals surface area (Å²) in [5, 5.41) is 3.00. The van der Waals surface area contributed by atoms with Gasteiger partial charge in [0.1, 0.15) is 5.82 Å². The van der Waals surface area contributed by atoms with Gasteiger partial charge in [0.15, 0.2) is 0 Å². The van der Waals surface area contributed by atoms with Gasteiger partial charge in [0.2, 0.25) is 0 Å². The number of para-hydroxylation sites is 2. The minimum atomic E-state index is -0.0728. The molecule has 6 nitrogen and oxygen atoms in total. The normalized spacial score (nSPS) is 14.5. The fraction of sp³-hybridized carbons (Fsp3) is 0.259. The lowest BCUT2D eigenvalue weighted by molar-refractivity contribution is 0.102. The molecule has 1 aromatic heterocycles. The second kappa shape index (κ2) is 9.08. The first-order valence-corrected chi connectivity index (χ1v) is 11.4. The van der Waals surface area contributed by atoms with Crippen LogP contribution in [0, 0.1) is 6.92 Å². The molecule has 1 aliphatic rings. The van der Waals surface area contributed by atoms with E-state index in [0.29, 0.717) is 5.56 Å². The fourth-order valence-corrected chi connectivity index (χ4v) is 4.48. The summed E-state index contributed by atoms with van der Waals surface area (Å²) in [7, 11) is 2.10. The van der Waals surface area contributed by atoms with Crippen LogP contribution in [-0.2, 0) is 13.6 Å². The van der Waals surface area contributed by atoms with Crippen LogP contribution in [0.15, 0.2) is 72.8 Å². The fourth-order valence-electron chi connectivity index (χ4n) is 4.48. The quantitative estimate of drug-likeness (QED) is 0.499. The molecule has 168 valence electrons. The number of rotatable bonds is 5. The lowest BCUT2D eigenvalue weighted by atomic mass is 10.1.